The van der Waals surface area contributed by atoms with Crippen molar-refractivity contribution in [1.82, 2.24) is 5.43 Å². The third kappa shape index (κ3) is 4.67. The Bertz CT molecular complexity index is 135. The number of nitrogens with two attached hydrogens (primary N) is 1. The molecule has 0 saturated heterocycles. The zero-order valence-corrected chi connectivity index (χ0v) is 10.1. The molecule has 1 saturated carbocycles. The van der Waals surface area contributed by atoms with Crippen LogP contribution in [0.25, 0.3) is 0 Å². The Hall–Kier alpha value is 0.270. The van der Waals surface area contributed by atoms with E-state index >= 15 is 0 Å². The molecule has 0 amide bonds. The summed E-state index contributed by atoms with van der Waals surface area (Å²) in [6.45, 7) is 0. The number of hydrogen-bond donors (Lipinski definition) is 2. The summed E-state index contributed by atoms with van der Waals surface area (Å²) < 4.78 is 0. The van der Waals surface area contributed by atoms with Crippen molar-refractivity contribution in [3.05, 3.63) is 0 Å². The van der Waals surface area contributed by atoms with Crippen molar-refractivity contribution in [2.24, 2.45) is 11.8 Å². The van der Waals surface area contributed by atoms with Crippen molar-refractivity contribution in [2.45, 2.75) is 51.0 Å². The standard InChI is InChI=1S/C11H24N2S/c1-14-8-7-11(13-12)9-10-5-3-2-4-6-10/h10-11,13H,2-9,12H2,1H3. The van der Waals surface area contributed by atoms with Gasteiger partial charge in [-0.2, -0.15) is 11.8 Å². The minimum atomic E-state index is 0.547. The van der Waals surface area contributed by atoms with Gasteiger partial charge in [-0.05, 0) is 30.8 Å². The summed E-state index contributed by atoms with van der Waals surface area (Å²) in [5, 5.41) is 0. The SMILES string of the molecule is CSCCC(CC1CCCCC1)NN. The van der Waals surface area contributed by atoms with Gasteiger partial charge in [0.25, 0.3) is 0 Å². The highest BCUT2D eigenvalue weighted by molar-refractivity contribution is 7.98. The minimum Gasteiger partial charge on any atom is -0.271 e. The van der Waals surface area contributed by atoms with E-state index in [1.54, 1.807) is 0 Å². The molecule has 0 spiro atoms. The van der Waals surface area contributed by atoms with E-state index in [9.17, 15) is 0 Å². The Balaban J connectivity index is 2.16. The second-order valence-corrected chi connectivity index (χ2v) is 5.37. The molecule has 0 aromatic heterocycles. The molecule has 2 nitrogen and oxygen atoms in total. The van der Waals surface area contributed by atoms with Crippen LogP contribution in [-0.4, -0.2) is 18.1 Å². The predicted octanol–water partition coefficient (Wildman–Crippen LogP) is 2.54. The second-order valence-electron chi connectivity index (χ2n) is 4.38. The molecule has 0 bridgehead atoms. The Labute approximate surface area is 92.4 Å². The van der Waals surface area contributed by atoms with Gasteiger partial charge in [-0.3, -0.25) is 11.3 Å². The van der Waals surface area contributed by atoms with Gasteiger partial charge in [0.2, 0.25) is 0 Å². The fraction of sp³-hybridized carbons (Fsp3) is 1.00. The van der Waals surface area contributed by atoms with Crippen molar-refractivity contribution >= 4 is 11.8 Å². The lowest BCUT2D eigenvalue weighted by atomic mass is 9.84. The van der Waals surface area contributed by atoms with Crippen LogP contribution >= 0.6 is 11.8 Å². The number of thioether (sulfide) groups is 1. The molecule has 0 aromatic rings. The van der Waals surface area contributed by atoms with Crippen molar-refractivity contribution in [3.63, 3.8) is 0 Å². The van der Waals surface area contributed by atoms with E-state index < -0.39 is 0 Å². The molecule has 3 heteroatoms. The van der Waals surface area contributed by atoms with Gasteiger partial charge in [-0.1, -0.05) is 32.1 Å². The van der Waals surface area contributed by atoms with Gasteiger partial charge in [0.05, 0.1) is 0 Å². The predicted molar refractivity (Wildman–Crippen MR) is 65.3 cm³/mol. The first-order valence-electron chi connectivity index (χ1n) is 5.82. The summed E-state index contributed by atoms with van der Waals surface area (Å²) in [7, 11) is 0. The molecule has 0 aliphatic heterocycles. The quantitative estimate of drug-likeness (QED) is 0.529. The Morgan fingerprint density at radius 3 is 2.64 bits per heavy atom. The van der Waals surface area contributed by atoms with Gasteiger partial charge in [0, 0.05) is 6.04 Å². The summed E-state index contributed by atoms with van der Waals surface area (Å²) in [5.74, 6) is 7.73. The van der Waals surface area contributed by atoms with E-state index in [2.05, 4.69) is 11.7 Å². The first-order chi connectivity index (χ1) is 6.86. The molecule has 1 atom stereocenters. The normalized spacial score (nSPS) is 21.0. The van der Waals surface area contributed by atoms with Crippen LogP contribution in [0.4, 0.5) is 0 Å². The van der Waals surface area contributed by atoms with Gasteiger partial charge in [0.15, 0.2) is 0 Å². The summed E-state index contributed by atoms with van der Waals surface area (Å²) in [6, 6.07) is 0.547. The summed E-state index contributed by atoms with van der Waals surface area (Å²) in [5.41, 5.74) is 2.97. The van der Waals surface area contributed by atoms with Crippen LogP contribution in [0.5, 0.6) is 0 Å². The molecule has 1 fully saturated rings. The molecule has 0 radical (unpaired) electrons. The third-order valence-electron chi connectivity index (χ3n) is 3.25. The fourth-order valence-electron chi connectivity index (χ4n) is 2.35. The van der Waals surface area contributed by atoms with Crippen molar-refractivity contribution in [1.29, 1.82) is 0 Å². The Kier molecular flexibility index (Phi) is 6.65. The van der Waals surface area contributed by atoms with E-state index in [1.165, 1.54) is 50.7 Å². The van der Waals surface area contributed by atoms with E-state index in [-0.39, 0.29) is 0 Å². The Morgan fingerprint density at radius 1 is 1.36 bits per heavy atom. The van der Waals surface area contributed by atoms with E-state index in [0.29, 0.717) is 6.04 Å². The zero-order chi connectivity index (χ0) is 10.2. The van der Waals surface area contributed by atoms with Crippen LogP contribution in [0.15, 0.2) is 0 Å². The number of rotatable bonds is 6. The number of hydrazine groups is 1. The lowest BCUT2D eigenvalue weighted by Crippen LogP contribution is -2.37. The van der Waals surface area contributed by atoms with E-state index in [1.807, 2.05) is 11.8 Å². The molecular formula is C11H24N2S. The maximum atomic E-state index is 5.57. The van der Waals surface area contributed by atoms with Crippen LogP contribution in [0.1, 0.15) is 44.9 Å². The van der Waals surface area contributed by atoms with Gasteiger partial charge in [-0.25, -0.2) is 0 Å². The fourth-order valence-corrected chi connectivity index (χ4v) is 2.87. The highest BCUT2D eigenvalue weighted by Gasteiger charge is 2.17. The maximum absolute atomic E-state index is 5.57. The van der Waals surface area contributed by atoms with Gasteiger partial charge >= 0.3 is 0 Å². The van der Waals surface area contributed by atoms with Gasteiger partial charge in [-0.15, -0.1) is 0 Å². The van der Waals surface area contributed by atoms with Gasteiger partial charge < -0.3 is 0 Å². The topological polar surface area (TPSA) is 38.0 Å². The monoisotopic (exact) mass is 216 g/mol. The summed E-state index contributed by atoms with van der Waals surface area (Å²) in [6.07, 6.45) is 11.8. The van der Waals surface area contributed by atoms with Crippen molar-refractivity contribution in [3.8, 4) is 0 Å². The molecule has 0 aromatic carbocycles. The largest absolute Gasteiger partial charge is 0.271 e. The van der Waals surface area contributed by atoms with Gasteiger partial charge in [0.1, 0.15) is 0 Å². The van der Waals surface area contributed by atoms with Crippen LogP contribution < -0.4 is 11.3 Å². The minimum absolute atomic E-state index is 0.547. The van der Waals surface area contributed by atoms with Crippen LogP contribution in [0.2, 0.25) is 0 Å². The first kappa shape index (κ1) is 12.3. The molecule has 14 heavy (non-hydrogen) atoms. The van der Waals surface area contributed by atoms with Crippen molar-refractivity contribution < 1.29 is 0 Å². The Morgan fingerprint density at radius 2 is 2.07 bits per heavy atom. The average Bonchev–Trinajstić information content (AvgIpc) is 2.25. The molecular weight excluding hydrogens is 192 g/mol. The molecule has 1 rings (SSSR count). The number of hydrogen-bond acceptors (Lipinski definition) is 3. The van der Waals surface area contributed by atoms with E-state index in [4.69, 9.17) is 5.84 Å². The smallest absolute Gasteiger partial charge is 0.0221 e. The lowest BCUT2D eigenvalue weighted by molar-refractivity contribution is 0.296. The summed E-state index contributed by atoms with van der Waals surface area (Å²) >= 11 is 1.91. The molecule has 3 N–H and O–H groups in total. The van der Waals surface area contributed by atoms with E-state index in [0.717, 1.165) is 5.92 Å². The summed E-state index contributed by atoms with van der Waals surface area (Å²) in [4.78, 5) is 0. The first-order valence-corrected chi connectivity index (χ1v) is 7.21. The highest BCUT2D eigenvalue weighted by atomic mass is 32.2. The molecule has 84 valence electrons. The molecule has 1 unspecified atom stereocenters. The van der Waals surface area contributed by atoms with Crippen LogP contribution in [0, 0.1) is 5.92 Å². The van der Waals surface area contributed by atoms with Crippen LogP contribution in [-0.2, 0) is 0 Å². The lowest BCUT2D eigenvalue weighted by Gasteiger charge is -2.26. The second kappa shape index (κ2) is 7.55. The maximum Gasteiger partial charge on any atom is 0.0221 e. The third-order valence-corrected chi connectivity index (χ3v) is 3.89. The molecule has 0 heterocycles. The van der Waals surface area contributed by atoms with Crippen molar-refractivity contribution in [2.75, 3.05) is 12.0 Å². The zero-order valence-electron chi connectivity index (χ0n) is 9.30. The number of nitrogens with one attached hydrogen (secondary N) is 1. The molecule has 1 aliphatic rings. The highest BCUT2D eigenvalue weighted by Crippen LogP contribution is 2.27. The molecule has 1 aliphatic carbocycles. The van der Waals surface area contributed by atoms with Crippen LogP contribution in [0.3, 0.4) is 0 Å². The average molecular weight is 216 g/mol.